The zero-order valence-corrected chi connectivity index (χ0v) is 18.3. The van der Waals surface area contributed by atoms with Crippen LogP contribution in [0.15, 0.2) is 29.3 Å². The average molecular weight is 419 g/mol. The summed E-state index contributed by atoms with van der Waals surface area (Å²) in [5, 5.41) is 3.38. The van der Waals surface area contributed by atoms with Gasteiger partial charge < -0.3 is 20.0 Å². The third kappa shape index (κ3) is 6.08. The van der Waals surface area contributed by atoms with Gasteiger partial charge in [0.15, 0.2) is 5.96 Å². The first-order valence-corrected chi connectivity index (χ1v) is 11.1. The third-order valence-electron chi connectivity index (χ3n) is 5.82. The normalized spacial score (nSPS) is 18.6. The first-order valence-electron chi connectivity index (χ1n) is 11.1. The molecule has 0 saturated carbocycles. The largest absolute Gasteiger partial charge is 0.367 e. The van der Waals surface area contributed by atoms with Crippen LogP contribution in [0.4, 0.5) is 10.1 Å². The fraction of sp³-hybridized carbons (Fsp3) is 0.636. The van der Waals surface area contributed by atoms with E-state index in [4.69, 9.17) is 4.99 Å². The van der Waals surface area contributed by atoms with Gasteiger partial charge in [-0.2, -0.15) is 0 Å². The zero-order valence-electron chi connectivity index (χ0n) is 18.3. The number of rotatable bonds is 6. The summed E-state index contributed by atoms with van der Waals surface area (Å²) in [6.07, 6.45) is 1.00. The van der Waals surface area contributed by atoms with Crippen molar-refractivity contribution in [1.29, 1.82) is 0 Å². The van der Waals surface area contributed by atoms with Gasteiger partial charge in [0, 0.05) is 78.9 Å². The van der Waals surface area contributed by atoms with E-state index in [1.807, 2.05) is 17.0 Å². The van der Waals surface area contributed by atoms with Gasteiger partial charge in [-0.1, -0.05) is 12.1 Å². The van der Waals surface area contributed by atoms with Crippen molar-refractivity contribution in [3.63, 3.8) is 0 Å². The second-order valence-corrected chi connectivity index (χ2v) is 7.86. The molecular weight excluding hydrogens is 383 g/mol. The van der Waals surface area contributed by atoms with Crippen molar-refractivity contribution in [2.75, 3.05) is 76.9 Å². The molecule has 3 rings (SSSR count). The number of anilines is 1. The highest BCUT2D eigenvalue weighted by Gasteiger charge is 2.21. The number of nitrogens with one attached hydrogen (secondary N) is 1. The first-order chi connectivity index (χ1) is 14.6. The Kier molecular flexibility index (Phi) is 8.30. The fourth-order valence-electron chi connectivity index (χ4n) is 4.06. The number of hydrogen-bond acceptors (Lipinski definition) is 4. The topological polar surface area (TPSA) is 54.4 Å². The number of hydrogen-bond donors (Lipinski definition) is 1. The molecule has 0 unspecified atom stereocenters. The molecule has 2 aliphatic heterocycles. The first kappa shape index (κ1) is 22.3. The van der Waals surface area contributed by atoms with Crippen molar-refractivity contribution in [2.45, 2.75) is 20.3 Å². The molecule has 30 heavy (non-hydrogen) atoms. The highest BCUT2D eigenvalue weighted by molar-refractivity contribution is 5.80. The molecule has 7 nitrogen and oxygen atoms in total. The molecule has 0 atom stereocenters. The Morgan fingerprint density at radius 3 is 2.33 bits per heavy atom. The molecule has 1 amide bonds. The van der Waals surface area contributed by atoms with Gasteiger partial charge in [-0.15, -0.1) is 0 Å². The molecule has 2 heterocycles. The van der Waals surface area contributed by atoms with Gasteiger partial charge in [0.2, 0.25) is 5.91 Å². The summed E-state index contributed by atoms with van der Waals surface area (Å²) in [4.78, 5) is 25.0. The van der Waals surface area contributed by atoms with Gasteiger partial charge in [-0.25, -0.2) is 4.39 Å². The molecule has 2 saturated heterocycles. The van der Waals surface area contributed by atoms with Crippen LogP contribution < -0.4 is 10.2 Å². The van der Waals surface area contributed by atoms with Gasteiger partial charge in [0.25, 0.3) is 0 Å². The molecule has 0 radical (unpaired) electrons. The van der Waals surface area contributed by atoms with Crippen LogP contribution in [0.1, 0.15) is 20.3 Å². The van der Waals surface area contributed by atoms with Crippen LogP contribution in [0.5, 0.6) is 0 Å². The molecule has 8 heteroatoms. The number of halogens is 1. The maximum absolute atomic E-state index is 14.0. The number of carbonyl (C=O) groups is 1. The number of amides is 1. The number of carbonyl (C=O) groups excluding carboxylic acids is 1. The quantitative estimate of drug-likeness (QED) is 0.431. The Labute approximate surface area is 179 Å². The van der Waals surface area contributed by atoms with Crippen molar-refractivity contribution in [1.82, 2.24) is 20.0 Å². The van der Waals surface area contributed by atoms with Crippen molar-refractivity contribution >= 4 is 17.6 Å². The molecule has 2 fully saturated rings. The molecular formula is C22H35FN6O. The van der Waals surface area contributed by atoms with Gasteiger partial charge in [-0.3, -0.25) is 14.7 Å². The van der Waals surface area contributed by atoms with Gasteiger partial charge in [-0.05, 0) is 25.5 Å². The van der Waals surface area contributed by atoms with Crippen LogP contribution in [0, 0.1) is 5.82 Å². The van der Waals surface area contributed by atoms with Crippen LogP contribution in [0.2, 0.25) is 0 Å². The molecule has 0 bridgehead atoms. The van der Waals surface area contributed by atoms with Crippen LogP contribution in [0.25, 0.3) is 0 Å². The van der Waals surface area contributed by atoms with Crippen molar-refractivity contribution in [3.05, 3.63) is 30.1 Å². The van der Waals surface area contributed by atoms with Crippen molar-refractivity contribution < 1.29 is 9.18 Å². The highest BCUT2D eigenvalue weighted by Crippen LogP contribution is 2.20. The van der Waals surface area contributed by atoms with E-state index in [-0.39, 0.29) is 11.7 Å². The minimum atomic E-state index is -0.139. The summed E-state index contributed by atoms with van der Waals surface area (Å²) >= 11 is 0. The molecule has 1 aromatic rings. The van der Waals surface area contributed by atoms with Crippen LogP contribution in [0.3, 0.4) is 0 Å². The maximum Gasteiger partial charge on any atom is 0.219 e. The number of benzene rings is 1. The predicted molar refractivity (Wildman–Crippen MR) is 119 cm³/mol. The summed E-state index contributed by atoms with van der Waals surface area (Å²) in [6, 6.07) is 7.02. The lowest BCUT2D eigenvalue weighted by Crippen LogP contribution is -2.53. The van der Waals surface area contributed by atoms with Gasteiger partial charge in [0.05, 0.1) is 5.69 Å². The van der Waals surface area contributed by atoms with E-state index in [0.717, 1.165) is 84.4 Å². The van der Waals surface area contributed by atoms with Crippen LogP contribution in [-0.2, 0) is 4.79 Å². The molecule has 0 aromatic heterocycles. The number of piperazine rings is 2. The summed E-state index contributed by atoms with van der Waals surface area (Å²) in [5.74, 6) is 0.956. The standard InChI is InChI=1S/C22H35FN6O/c1-3-24-22(29-17-15-27(16-18-29)19(2)30)25-9-6-10-26-11-13-28(14-12-26)21-8-5-4-7-20(21)23/h4-5,7-8H,3,6,9-18H2,1-2H3,(H,24,25). The van der Waals surface area contributed by atoms with Crippen LogP contribution in [-0.4, -0.2) is 98.6 Å². The Morgan fingerprint density at radius 1 is 1.03 bits per heavy atom. The number of aliphatic imine (C=N–C) groups is 1. The van der Waals surface area contributed by atoms with E-state index in [1.165, 1.54) is 6.07 Å². The van der Waals surface area contributed by atoms with Crippen molar-refractivity contribution in [3.8, 4) is 0 Å². The lowest BCUT2D eigenvalue weighted by Gasteiger charge is -2.36. The van der Waals surface area contributed by atoms with E-state index < -0.39 is 0 Å². The Balaban J connectivity index is 1.40. The Morgan fingerprint density at radius 2 is 1.70 bits per heavy atom. The van der Waals surface area contributed by atoms with E-state index in [1.54, 1.807) is 13.0 Å². The maximum atomic E-state index is 14.0. The number of nitrogens with zero attached hydrogens (tertiary/aromatic N) is 5. The molecule has 0 aliphatic carbocycles. The molecule has 2 aliphatic rings. The van der Waals surface area contributed by atoms with Gasteiger partial charge in [0.1, 0.15) is 5.82 Å². The molecule has 1 aromatic carbocycles. The van der Waals surface area contributed by atoms with Crippen molar-refractivity contribution in [2.24, 2.45) is 4.99 Å². The lowest BCUT2D eigenvalue weighted by atomic mass is 10.2. The van der Waals surface area contributed by atoms with E-state index in [0.29, 0.717) is 5.69 Å². The van der Waals surface area contributed by atoms with Crippen LogP contribution >= 0.6 is 0 Å². The fourth-order valence-corrected chi connectivity index (χ4v) is 4.06. The average Bonchev–Trinajstić information content (AvgIpc) is 2.77. The highest BCUT2D eigenvalue weighted by atomic mass is 19.1. The molecule has 166 valence electrons. The summed E-state index contributed by atoms with van der Waals surface area (Å²) in [5.41, 5.74) is 0.710. The second-order valence-electron chi connectivity index (χ2n) is 7.86. The SMILES string of the molecule is CCNC(=NCCCN1CCN(c2ccccc2F)CC1)N1CCN(C(C)=O)CC1. The summed E-state index contributed by atoms with van der Waals surface area (Å²) < 4.78 is 14.0. The minimum Gasteiger partial charge on any atom is -0.367 e. The summed E-state index contributed by atoms with van der Waals surface area (Å²) in [7, 11) is 0. The Hall–Kier alpha value is -2.35. The van der Waals surface area contributed by atoms with E-state index >= 15 is 0 Å². The number of para-hydroxylation sites is 1. The monoisotopic (exact) mass is 418 g/mol. The van der Waals surface area contributed by atoms with E-state index in [2.05, 4.69) is 26.9 Å². The second kappa shape index (κ2) is 11.2. The zero-order chi connectivity index (χ0) is 21.3. The smallest absolute Gasteiger partial charge is 0.219 e. The lowest BCUT2D eigenvalue weighted by molar-refractivity contribution is -0.130. The third-order valence-corrected chi connectivity index (χ3v) is 5.82. The summed E-state index contributed by atoms with van der Waals surface area (Å²) in [6.45, 7) is 13.1. The molecule has 0 spiro atoms. The predicted octanol–water partition coefficient (Wildman–Crippen LogP) is 1.47. The molecule has 1 N–H and O–H groups in total. The van der Waals surface area contributed by atoms with E-state index in [9.17, 15) is 9.18 Å². The minimum absolute atomic E-state index is 0.139. The van der Waals surface area contributed by atoms with Gasteiger partial charge >= 0.3 is 0 Å². The Bertz CT molecular complexity index is 711. The number of guanidine groups is 1.